The first-order chi connectivity index (χ1) is 29.5. The third kappa shape index (κ3) is 5.38. The van der Waals surface area contributed by atoms with Gasteiger partial charge in [0.25, 0.3) is 0 Å². The monoisotopic (exact) mass is 772 g/mol. The number of ether oxygens (including phenoxy) is 1. The van der Waals surface area contributed by atoms with Gasteiger partial charge in [0.05, 0.1) is 11.0 Å². The topological polar surface area (TPSA) is 66.0 Å². The van der Waals surface area contributed by atoms with Crippen molar-refractivity contribution < 1.29 is 9.15 Å². The molecule has 0 amide bonds. The highest BCUT2D eigenvalue weighted by Gasteiger charge is 2.34. The highest BCUT2D eigenvalue weighted by atomic mass is 16.5. The molecule has 0 aliphatic carbocycles. The molecule has 0 spiro atoms. The third-order valence-corrected chi connectivity index (χ3v) is 12.1. The van der Waals surface area contributed by atoms with Gasteiger partial charge in [-0.25, -0.2) is 15.0 Å². The molecule has 0 fully saturated rings. The molecule has 0 N–H and O–H groups in total. The van der Waals surface area contributed by atoms with Crippen molar-refractivity contribution in [3.63, 3.8) is 0 Å². The van der Waals surface area contributed by atoms with Crippen LogP contribution in [0.2, 0.25) is 0 Å². The normalized spacial score (nSPS) is 13.1. The first kappa shape index (κ1) is 34.2. The number of para-hydroxylation sites is 3. The summed E-state index contributed by atoms with van der Waals surface area (Å²) in [5.41, 5.74) is 12.0. The van der Waals surface area contributed by atoms with Gasteiger partial charge in [-0.05, 0) is 71.8 Å². The van der Waals surface area contributed by atoms with Gasteiger partial charge in [-0.15, -0.1) is 0 Å². The predicted octanol–water partition coefficient (Wildman–Crippen LogP) is 14.0. The van der Waals surface area contributed by atoms with Gasteiger partial charge in [0, 0.05) is 60.5 Å². The Morgan fingerprint density at radius 2 is 1.00 bits per heavy atom. The maximum atomic E-state index is 6.52. The molecule has 6 nitrogen and oxygen atoms in total. The highest BCUT2D eigenvalue weighted by Crippen LogP contribution is 2.49. The molecular weight excluding hydrogens is 737 g/mol. The predicted molar refractivity (Wildman–Crippen MR) is 242 cm³/mol. The van der Waals surface area contributed by atoms with Crippen molar-refractivity contribution in [1.29, 1.82) is 0 Å². The molecule has 0 atom stereocenters. The molecule has 3 aromatic heterocycles. The van der Waals surface area contributed by atoms with E-state index < -0.39 is 0 Å². The lowest BCUT2D eigenvalue weighted by Gasteiger charge is -2.34. The fourth-order valence-corrected chi connectivity index (χ4v) is 9.07. The average Bonchev–Trinajstić information content (AvgIpc) is 3.84. The second-order valence-electron chi connectivity index (χ2n) is 16.1. The van der Waals surface area contributed by atoms with E-state index >= 15 is 0 Å². The van der Waals surface area contributed by atoms with Crippen LogP contribution >= 0.6 is 0 Å². The van der Waals surface area contributed by atoms with Crippen molar-refractivity contribution in [2.45, 2.75) is 19.3 Å². The SMILES string of the molecule is CC1(C)c2ccccc2Oc2cc(-c3ccc4oc5cc(-c6nc(-c7ccccc7)nc(-c7cccc(-n8c9ccccc9c9ccccc98)c7)n6)ccc5c4c3)ccc21. The number of furan rings is 1. The van der Waals surface area contributed by atoms with E-state index in [4.69, 9.17) is 24.1 Å². The summed E-state index contributed by atoms with van der Waals surface area (Å²) in [6.07, 6.45) is 0. The molecule has 0 radical (unpaired) electrons. The lowest BCUT2D eigenvalue weighted by Crippen LogP contribution is -2.24. The van der Waals surface area contributed by atoms with Crippen molar-refractivity contribution in [1.82, 2.24) is 19.5 Å². The van der Waals surface area contributed by atoms with Crippen molar-refractivity contribution in [3.05, 3.63) is 193 Å². The van der Waals surface area contributed by atoms with Crippen LogP contribution in [0.4, 0.5) is 0 Å². The van der Waals surface area contributed by atoms with E-state index in [0.717, 1.165) is 78.0 Å². The number of rotatable bonds is 5. The van der Waals surface area contributed by atoms with E-state index in [-0.39, 0.29) is 5.41 Å². The Morgan fingerprint density at radius 1 is 0.400 bits per heavy atom. The first-order valence-electron chi connectivity index (χ1n) is 20.3. The molecule has 12 rings (SSSR count). The Balaban J connectivity index is 0.944. The Labute approximate surface area is 346 Å². The quantitative estimate of drug-likeness (QED) is 0.174. The molecule has 60 heavy (non-hydrogen) atoms. The van der Waals surface area contributed by atoms with Crippen molar-refractivity contribution in [2.24, 2.45) is 0 Å². The summed E-state index contributed by atoms with van der Waals surface area (Å²) in [6.45, 7) is 4.52. The summed E-state index contributed by atoms with van der Waals surface area (Å²) >= 11 is 0. The van der Waals surface area contributed by atoms with E-state index in [1.54, 1.807) is 0 Å². The van der Waals surface area contributed by atoms with Crippen molar-refractivity contribution >= 4 is 43.7 Å². The van der Waals surface area contributed by atoms with E-state index in [1.807, 2.05) is 42.5 Å². The van der Waals surface area contributed by atoms with Crippen LogP contribution in [-0.2, 0) is 5.41 Å². The van der Waals surface area contributed by atoms with Gasteiger partial charge in [0.15, 0.2) is 17.5 Å². The van der Waals surface area contributed by atoms with Crippen LogP contribution < -0.4 is 4.74 Å². The zero-order valence-electron chi connectivity index (χ0n) is 32.9. The van der Waals surface area contributed by atoms with Crippen LogP contribution in [0.15, 0.2) is 186 Å². The first-order valence-corrected chi connectivity index (χ1v) is 20.3. The molecule has 4 heterocycles. The van der Waals surface area contributed by atoms with Crippen LogP contribution in [0.5, 0.6) is 11.5 Å². The van der Waals surface area contributed by atoms with E-state index in [2.05, 4.69) is 158 Å². The number of aromatic nitrogens is 4. The number of benzene rings is 8. The van der Waals surface area contributed by atoms with Gasteiger partial charge < -0.3 is 13.7 Å². The smallest absolute Gasteiger partial charge is 0.164 e. The molecule has 8 aromatic carbocycles. The molecule has 1 aliphatic heterocycles. The molecule has 284 valence electrons. The molecule has 0 saturated carbocycles. The standard InChI is InChI=1S/C54H36N4O2/c1-54(2)43-19-8-11-22-48(43)60-50-31-35(24-27-44(50)54)34-25-28-47-42(30-34)41-26-23-37(32-49(41)59-47)53-56-51(33-13-4-3-5-14-33)55-52(57-53)36-15-12-16-38(29-36)58-45-20-9-6-17-39(45)40-18-7-10-21-46(40)58/h3-32H,1-2H3. The van der Waals surface area contributed by atoms with Crippen LogP contribution in [0.3, 0.4) is 0 Å². The number of hydrogen-bond donors (Lipinski definition) is 0. The fourth-order valence-electron chi connectivity index (χ4n) is 9.07. The third-order valence-electron chi connectivity index (χ3n) is 12.1. The minimum Gasteiger partial charge on any atom is -0.457 e. The molecule has 11 aromatic rings. The van der Waals surface area contributed by atoms with Gasteiger partial charge >= 0.3 is 0 Å². The molecule has 0 unspecified atom stereocenters. The lowest BCUT2D eigenvalue weighted by atomic mass is 9.75. The number of nitrogens with zero attached hydrogens (tertiary/aromatic N) is 4. The zero-order valence-corrected chi connectivity index (χ0v) is 32.9. The lowest BCUT2D eigenvalue weighted by molar-refractivity contribution is 0.418. The van der Waals surface area contributed by atoms with Crippen LogP contribution in [0, 0.1) is 0 Å². The molecule has 1 aliphatic rings. The zero-order chi connectivity index (χ0) is 40.0. The summed E-state index contributed by atoms with van der Waals surface area (Å²) < 4.78 is 15.3. The maximum Gasteiger partial charge on any atom is 0.164 e. The molecule has 6 heteroatoms. The molecular formula is C54H36N4O2. The minimum absolute atomic E-state index is 0.163. The Morgan fingerprint density at radius 3 is 1.78 bits per heavy atom. The fraction of sp³-hybridized carbons (Fsp3) is 0.0556. The largest absolute Gasteiger partial charge is 0.457 e. The highest BCUT2D eigenvalue weighted by molar-refractivity contribution is 6.09. The molecule has 0 bridgehead atoms. The summed E-state index contributed by atoms with van der Waals surface area (Å²) in [4.78, 5) is 15.2. The Bertz CT molecular complexity index is 3450. The van der Waals surface area contributed by atoms with Gasteiger partial charge in [0.2, 0.25) is 0 Å². The van der Waals surface area contributed by atoms with E-state index in [9.17, 15) is 0 Å². The second kappa shape index (κ2) is 13.1. The van der Waals surface area contributed by atoms with Crippen LogP contribution in [0.25, 0.3) is 94.7 Å². The van der Waals surface area contributed by atoms with Crippen molar-refractivity contribution in [2.75, 3.05) is 0 Å². The van der Waals surface area contributed by atoms with Crippen LogP contribution in [-0.4, -0.2) is 19.5 Å². The van der Waals surface area contributed by atoms with Gasteiger partial charge in [0.1, 0.15) is 22.7 Å². The summed E-state index contributed by atoms with van der Waals surface area (Å²) in [6, 6.07) is 63.1. The Kier molecular flexibility index (Phi) is 7.47. The van der Waals surface area contributed by atoms with Gasteiger partial charge in [-0.2, -0.15) is 0 Å². The summed E-state index contributed by atoms with van der Waals surface area (Å²) in [5.74, 6) is 3.57. The second-order valence-corrected chi connectivity index (χ2v) is 16.1. The molecule has 0 saturated heterocycles. The maximum absolute atomic E-state index is 6.52. The summed E-state index contributed by atoms with van der Waals surface area (Å²) in [5, 5.41) is 4.50. The van der Waals surface area contributed by atoms with Crippen LogP contribution in [0.1, 0.15) is 25.0 Å². The van der Waals surface area contributed by atoms with Gasteiger partial charge in [-0.1, -0.05) is 135 Å². The van der Waals surface area contributed by atoms with Crippen molar-refractivity contribution in [3.8, 4) is 62.5 Å². The Hall–Kier alpha value is -7.83. The van der Waals surface area contributed by atoms with E-state index in [0.29, 0.717) is 17.5 Å². The van der Waals surface area contributed by atoms with E-state index in [1.165, 1.54) is 21.9 Å². The average molecular weight is 773 g/mol. The minimum atomic E-state index is -0.163. The van der Waals surface area contributed by atoms with Gasteiger partial charge in [-0.3, -0.25) is 0 Å². The number of fused-ring (bicyclic) bond motifs is 8. The number of hydrogen-bond acceptors (Lipinski definition) is 5. The summed E-state index contributed by atoms with van der Waals surface area (Å²) in [7, 11) is 0.